The largest absolute Gasteiger partial charge is 0.496 e. The first kappa shape index (κ1) is 29.5. The molecule has 1 aromatic heterocycles. The molecular weight excluding hydrogens is 599 g/mol. The Morgan fingerprint density at radius 1 is 0.841 bits per heavy atom. The minimum atomic E-state index is -0.289. The lowest BCUT2D eigenvalue weighted by Crippen LogP contribution is -2.55. The molecule has 228 valence electrons. The minimum absolute atomic E-state index is 0.220. The van der Waals surface area contributed by atoms with E-state index in [-0.39, 0.29) is 12.2 Å². The number of hydrogen-bond donors (Lipinski definition) is 2. The van der Waals surface area contributed by atoms with Gasteiger partial charge < -0.3 is 19.7 Å². The number of hydrogen-bond acceptors (Lipinski definition) is 8. The number of rotatable bonds is 8. The summed E-state index contributed by atoms with van der Waals surface area (Å²) in [6, 6.07) is 16.5. The van der Waals surface area contributed by atoms with Crippen LogP contribution in [0, 0.1) is 0 Å². The second-order valence-electron chi connectivity index (χ2n) is 11.9. The fourth-order valence-electron chi connectivity index (χ4n) is 6.64. The Hall–Kier alpha value is -3.24. The molecule has 7 rings (SSSR count). The average Bonchev–Trinajstić information content (AvgIpc) is 3.42. The number of aliphatic hydroxyl groups is 2. The van der Waals surface area contributed by atoms with E-state index in [2.05, 4.69) is 26.9 Å². The molecule has 3 aliphatic rings. The number of aromatic nitrogens is 2. The van der Waals surface area contributed by atoms with E-state index in [1.165, 1.54) is 11.1 Å². The number of methoxy groups -OCH3 is 2. The van der Waals surface area contributed by atoms with Gasteiger partial charge in [-0.3, -0.25) is 14.8 Å². The van der Waals surface area contributed by atoms with Gasteiger partial charge in [-0.15, -0.1) is 0 Å². The van der Waals surface area contributed by atoms with Gasteiger partial charge in [0, 0.05) is 61.0 Å². The maximum Gasteiger partial charge on any atom is 0.237 e. The van der Waals surface area contributed by atoms with E-state index in [4.69, 9.17) is 37.7 Å². The molecule has 3 aromatic carbocycles. The van der Waals surface area contributed by atoms with Crippen molar-refractivity contribution in [1.29, 1.82) is 0 Å². The van der Waals surface area contributed by atoms with Crippen molar-refractivity contribution in [2.45, 2.75) is 37.6 Å². The molecule has 0 amide bonds. The summed E-state index contributed by atoms with van der Waals surface area (Å²) < 4.78 is 11.4. The van der Waals surface area contributed by atoms with Crippen LogP contribution in [0.5, 0.6) is 11.6 Å². The summed E-state index contributed by atoms with van der Waals surface area (Å²) in [5.41, 5.74) is 8.02. The van der Waals surface area contributed by atoms with Gasteiger partial charge in [0.15, 0.2) is 0 Å². The number of fused-ring (bicyclic) bond motifs is 1. The van der Waals surface area contributed by atoms with Crippen molar-refractivity contribution in [1.82, 2.24) is 19.8 Å². The summed E-state index contributed by atoms with van der Waals surface area (Å²) in [4.78, 5) is 13.8. The SMILES string of the molecule is COc1cc(-c2cccc(-c3cccc(-c4cnc(CN5CC(O)C5)c(OC)n4)c3Cl)c2Cl)cc2c1CC(N1CC(O)C1)C2. The van der Waals surface area contributed by atoms with Crippen LogP contribution in [0.2, 0.25) is 10.0 Å². The third-order valence-electron chi connectivity index (χ3n) is 9.01. The summed E-state index contributed by atoms with van der Waals surface area (Å²) >= 11 is 14.2. The molecule has 2 aliphatic heterocycles. The molecule has 1 atom stereocenters. The number of halogens is 2. The first-order valence-corrected chi connectivity index (χ1v) is 15.6. The summed E-state index contributed by atoms with van der Waals surface area (Å²) in [5.74, 6) is 1.30. The Labute approximate surface area is 266 Å². The van der Waals surface area contributed by atoms with Crippen LogP contribution in [-0.2, 0) is 19.4 Å². The predicted octanol–water partition coefficient (Wildman–Crippen LogP) is 5.12. The fraction of sp³-hybridized carbons (Fsp3) is 0.353. The number of aliphatic hydroxyl groups excluding tert-OH is 2. The van der Waals surface area contributed by atoms with Gasteiger partial charge in [-0.2, -0.15) is 0 Å². The molecule has 2 saturated heterocycles. The molecule has 10 heteroatoms. The van der Waals surface area contributed by atoms with Crippen molar-refractivity contribution in [3.63, 3.8) is 0 Å². The standard InChI is InChI=1S/C34H34Cl2N4O4/c1-43-31-11-20(9-19-10-21(12-28(19)31)40-16-23(42)17-40)24-5-3-6-25(32(24)35)26-7-4-8-27(33(26)36)29-13-37-30(34(38-29)44-2)18-39-14-22(41)15-39/h3-9,11,13,21-23,41-42H,10,12,14-18H2,1-2H3. The molecule has 0 spiro atoms. The molecule has 44 heavy (non-hydrogen) atoms. The van der Waals surface area contributed by atoms with Gasteiger partial charge in [-0.1, -0.05) is 65.7 Å². The highest BCUT2D eigenvalue weighted by Crippen LogP contribution is 2.44. The molecule has 2 N–H and O–H groups in total. The smallest absolute Gasteiger partial charge is 0.237 e. The topological polar surface area (TPSA) is 91.2 Å². The summed E-state index contributed by atoms with van der Waals surface area (Å²) in [6.07, 6.45) is 3.03. The lowest BCUT2D eigenvalue weighted by atomic mass is 9.95. The molecular formula is C34H34Cl2N4O4. The minimum Gasteiger partial charge on any atom is -0.496 e. The molecule has 0 saturated carbocycles. The number of β-amino-alcohol motifs (C(OH)–C–C–N with tert-alkyl or cyclic N) is 2. The molecule has 8 nitrogen and oxygen atoms in total. The molecule has 4 aromatic rings. The van der Waals surface area contributed by atoms with Crippen LogP contribution in [0.15, 0.2) is 54.7 Å². The summed E-state index contributed by atoms with van der Waals surface area (Å²) in [7, 11) is 3.29. The second kappa shape index (κ2) is 11.9. The van der Waals surface area contributed by atoms with Gasteiger partial charge in [0.05, 0.1) is 48.4 Å². The first-order chi connectivity index (χ1) is 21.3. The van der Waals surface area contributed by atoms with Crippen molar-refractivity contribution in [2.24, 2.45) is 0 Å². The lowest BCUT2D eigenvalue weighted by Gasteiger charge is -2.40. The van der Waals surface area contributed by atoms with Crippen molar-refractivity contribution < 1.29 is 19.7 Å². The van der Waals surface area contributed by atoms with E-state index < -0.39 is 0 Å². The van der Waals surface area contributed by atoms with Gasteiger partial charge >= 0.3 is 0 Å². The van der Waals surface area contributed by atoms with E-state index in [1.807, 2.05) is 36.4 Å². The van der Waals surface area contributed by atoms with Gasteiger partial charge in [-0.25, -0.2) is 4.98 Å². The van der Waals surface area contributed by atoms with E-state index in [0.29, 0.717) is 53.0 Å². The van der Waals surface area contributed by atoms with Crippen molar-refractivity contribution in [2.75, 3.05) is 40.4 Å². The molecule has 0 bridgehead atoms. The van der Waals surface area contributed by atoms with Crippen LogP contribution < -0.4 is 9.47 Å². The number of ether oxygens (including phenoxy) is 2. The number of benzene rings is 3. The van der Waals surface area contributed by atoms with Gasteiger partial charge in [0.2, 0.25) is 5.88 Å². The van der Waals surface area contributed by atoms with Crippen LogP contribution in [0.25, 0.3) is 33.5 Å². The van der Waals surface area contributed by atoms with Crippen molar-refractivity contribution in [3.05, 3.63) is 81.6 Å². The van der Waals surface area contributed by atoms with E-state index in [0.717, 1.165) is 59.5 Å². The molecule has 1 aliphatic carbocycles. The zero-order valence-corrected chi connectivity index (χ0v) is 26.1. The average molecular weight is 634 g/mol. The monoisotopic (exact) mass is 632 g/mol. The van der Waals surface area contributed by atoms with Crippen LogP contribution in [0.4, 0.5) is 0 Å². The maximum atomic E-state index is 9.81. The Morgan fingerprint density at radius 2 is 1.50 bits per heavy atom. The lowest BCUT2D eigenvalue weighted by molar-refractivity contribution is -0.0222. The zero-order chi connectivity index (χ0) is 30.5. The van der Waals surface area contributed by atoms with Crippen LogP contribution in [0.3, 0.4) is 0 Å². The third-order valence-corrected chi connectivity index (χ3v) is 9.83. The Kier molecular flexibility index (Phi) is 7.99. The van der Waals surface area contributed by atoms with Gasteiger partial charge in [-0.05, 0) is 35.6 Å². The summed E-state index contributed by atoms with van der Waals surface area (Å²) in [6.45, 7) is 3.24. The zero-order valence-electron chi connectivity index (χ0n) is 24.6. The highest BCUT2D eigenvalue weighted by Gasteiger charge is 2.36. The van der Waals surface area contributed by atoms with Crippen LogP contribution in [0.1, 0.15) is 16.8 Å². The molecule has 2 fully saturated rings. The van der Waals surface area contributed by atoms with E-state index >= 15 is 0 Å². The molecule has 1 unspecified atom stereocenters. The maximum absolute atomic E-state index is 9.81. The molecule has 3 heterocycles. The Bertz CT molecular complexity index is 1720. The Morgan fingerprint density at radius 3 is 2.16 bits per heavy atom. The third kappa shape index (κ3) is 5.34. The van der Waals surface area contributed by atoms with Gasteiger partial charge in [0.25, 0.3) is 0 Å². The van der Waals surface area contributed by atoms with E-state index in [9.17, 15) is 10.2 Å². The number of nitrogens with zero attached hydrogens (tertiary/aromatic N) is 4. The summed E-state index contributed by atoms with van der Waals surface area (Å²) in [5, 5.41) is 20.6. The quantitative estimate of drug-likeness (QED) is 0.277. The Balaban J connectivity index is 1.21. The first-order valence-electron chi connectivity index (χ1n) is 14.8. The molecule has 0 radical (unpaired) electrons. The predicted molar refractivity (Wildman–Crippen MR) is 172 cm³/mol. The van der Waals surface area contributed by atoms with Gasteiger partial charge in [0.1, 0.15) is 11.4 Å². The van der Waals surface area contributed by atoms with E-state index in [1.54, 1.807) is 20.4 Å². The second-order valence-corrected chi connectivity index (χ2v) is 12.6. The van der Waals surface area contributed by atoms with Crippen LogP contribution >= 0.6 is 23.2 Å². The van der Waals surface area contributed by atoms with Crippen LogP contribution in [-0.4, -0.2) is 88.6 Å². The van der Waals surface area contributed by atoms with Crippen molar-refractivity contribution >= 4 is 23.2 Å². The van der Waals surface area contributed by atoms with Crippen molar-refractivity contribution in [3.8, 4) is 45.1 Å². The fourth-order valence-corrected chi connectivity index (χ4v) is 7.30. The normalized spacial score (nSPS) is 19.0. The highest BCUT2D eigenvalue weighted by molar-refractivity contribution is 6.39. The number of likely N-dealkylation sites (tertiary alicyclic amines) is 2. The highest BCUT2D eigenvalue weighted by atomic mass is 35.5.